The number of nitrogens with zero attached hydrogens (tertiary/aromatic N) is 5. The van der Waals surface area contributed by atoms with Crippen LogP contribution in [-0.2, 0) is 11.3 Å². The monoisotopic (exact) mass is 526 g/mol. The Bertz CT molecular complexity index is 1750. The molecule has 38 heavy (non-hydrogen) atoms. The fraction of sp³-hybridized carbons (Fsp3) is 0.148. The molecule has 1 fully saturated rings. The normalized spacial score (nSPS) is 22.5. The first-order valence-electron chi connectivity index (χ1n) is 11.8. The van der Waals surface area contributed by atoms with Gasteiger partial charge in [-0.3, -0.25) is 30.1 Å². The van der Waals surface area contributed by atoms with Crippen LogP contribution in [0.15, 0.2) is 94.7 Å². The van der Waals surface area contributed by atoms with Gasteiger partial charge in [-0.2, -0.15) is 4.68 Å². The Morgan fingerprint density at radius 2 is 1.50 bits per heavy atom. The minimum absolute atomic E-state index is 0.0285. The van der Waals surface area contributed by atoms with Gasteiger partial charge in [0.15, 0.2) is 0 Å². The van der Waals surface area contributed by atoms with Crippen LogP contribution in [0.3, 0.4) is 0 Å². The van der Waals surface area contributed by atoms with Crippen molar-refractivity contribution in [3.8, 4) is 0 Å². The lowest BCUT2D eigenvalue weighted by Gasteiger charge is -2.49. The second-order valence-electron chi connectivity index (χ2n) is 9.12. The first kappa shape index (κ1) is 23.6. The summed E-state index contributed by atoms with van der Waals surface area (Å²) >= 11 is 1.18. The third kappa shape index (κ3) is 3.08. The zero-order valence-corrected chi connectivity index (χ0v) is 21.3. The number of aromatic nitrogens is 1. The molecule has 0 radical (unpaired) electrons. The van der Waals surface area contributed by atoms with Crippen molar-refractivity contribution in [2.75, 3.05) is 19.5 Å². The number of likely N-dealkylation sites (N-methyl/N-ethyl adjacent to an activating group) is 2. The number of urea groups is 1. The van der Waals surface area contributed by atoms with E-state index in [1.165, 1.54) is 28.1 Å². The molecule has 0 saturated carbocycles. The Hall–Kier alpha value is -4.77. The number of carbonyl (C=O) groups excluding carboxylic acids is 1. The van der Waals surface area contributed by atoms with Gasteiger partial charge in [0.2, 0.25) is 16.1 Å². The maximum atomic E-state index is 13.7. The van der Waals surface area contributed by atoms with Crippen molar-refractivity contribution in [2.45, 2.75) is 11.3 Å². The van der Waals surface area contributed by atoms with Crippen molar-refractivity contribution >= 4 is 29.1 Å². The van der Waals surface area contributed by atoms with Crippen LogP contribution in [-0.4, -0.2) is 39.5 Å². The fourth-order valence-electron chi connectivity index (χ4n) is 5.36. The second kappa shape index (κ2) is 8.38. The Balaban J connectivity index is 1.65. The van der Waals surface area contributed by atoms with Gasteiger partial charge in [0.05, 0.1) is 9.46 Å². The molecule has 2 aliphatic heterocycles. The van der Waals surface area contributed by atoms with Crippen molar-refractivity contribution in [1.82, 2.24) is 14.5 Å². The molecule has 1 N–H and O–H groups in total. The van der Waals surface area contributed by atoms with E-state index in [0.29, 0.717) is 14.9 Å². The van der Waals surface area contributed by atoms with Crippen LogP contribution in [0, 0.1) is 10.1 Å². The summed E-state index contributed by atoms with van der Waals surface area (Å²) in [4.78, 5) is 46.6. The molecule has 1 saturated heterocycles. The molecule has 0 unspecified atom stereocenters. The van der Waals surface area contributed by atoms with Gasteiger partial charge in [-0.1, -0.05) is 72.0 Å². The molecule has 2 atom stereocenters. The predicted molar refractivity (Wildman–Crippen MR) is 143 cm³/mol. The van der Waals surface area contributed by atoms with Gasteiger partial charge in [-0.25, -0.2) is 9.79 Å². The Morgan fingerprint density at radius 3 is 2.11 bits per heavy atom. The van der Waals surface area contributed by atoms with E-state index in [0.717, 1.165) is 11.1 Å². The summed E-state index contributed by atoms with van der Waals surface area (Å²) in [6, 6.07) is 24.8. The molecule has 0 bridgehead atoms. The Morgan fingerprint density at radius 1 is 0.895 bits per heavy atom. The molecule has 3 heterocycles. The first-order valence-corrected chi connectivity index (χ1v) is 12.6. The summed E-state index contributed by atoms with van der Waals surface area (Å²) in [6.45, 7) is 0. The zero-order valence-electron chi connectivity index (χ0n) is 20.4. The lowest BCUT2D eigenvalue weighted by atomic mass is 9.80. The van der Waals surface area contributed by atoms with Crippen LogP contribution in [0.25, 0.3) is 6.08 Å². The molecular formula is C27H22N6O4S. The van der Waals surface area contributed by atoms with Crippen molar-refractivity contribution in [2.24, 2.45) is 4.99 Å². The molecule has 6 rings (SSSR count). The Kier molecular flexibility index (Phi) is 5.21. The highest BCUT2D eigenvalue weighted by molar-refractivity contribution is 7.07. The van der Waals surface area contributed by atoms with E-state index >= 15 is 0 Å². The van der Waals surface area contributed by atoms with E-state index < -0.39 is 16.2 Å². The van der Waals surface area contributed by atoms with Crippen LogP contribution in [0.5, 0.6) is 0 Å². The quantitative estimate of drug-likeness (QED) is 0.324. The smallest absolute Gasteiger partial charge is 0.295 e. The number of nitro benzene ring substituents is 1. The second-order valence-corrected chi connectivity index (χ2v) is 10.1. The standard InChI is InChI=1S/C27H22N6O4S/c1-30-25(35)31(2)27(20-11-7-4-8-12-20)26(30,19-9-5-3-6-10-19)28-24-32(29-27)23(34)22(38-24)17-18-13-15-21(16-14-18)33(36)37/h3-17,29H,1-2H3/b22-17+/t26-,27+/m1/s1. The van der Waals surface area contributed by atoms with E-state index in [4.69, 9.17) is 4.99 Å². The molecule has 1 aromatic heterocycles. The van der Waals surface area contributed by atoms with Gasteiger partial charge in [0.1, 0.15) is 0 Å². The number of non-ortho nitro benzene ring substituents is 1. The third-order valence-corrected chi connectivity index (χ3v) is 8.14. The summed E-state index contributed by atoms with van der Waals surface area (Å²) in [5.74, 6) is 0. The van der Waals surface area contributed by atoms with Crippen molar-refractivity contribution < 1.29 is 9.72 Å². The maximum Gasteiger partial charge on any atom is 0.324 e. The molecule has 0 spiro atoms. The molecule has 10 nitrogen and oxygen atoms in total. The number of thiazole rings is 1. The highest BCUT2D eigenvalue weighted by Crippen LogP contribution is 2.53. The van der Waals surface area contributed by atoms with E-state index in [1.807, 2.05) is 60.7 Å². The average Bonchev–Trinajstić information content (AvgIpc) is 3.33. The van der Waals surface area contributed by atoms with Gasteiger partial charge >= 0.3 is 6.03 Å². The zero-order chi connectivity index (χ0) is 26.7. The molecular weight excluding hydrogens is 504 g/mol. The van der Waals surface area contributed by atoms with Gasteiger partial charge in [0.25, 0.3) is 11.2 Å². The maximum absolute atomic E-state index is 13.7. The number of nitrogens with one attached hydrogen (secondary N) is 1. The molecule has 4 aromatic rings. The lowest BCUT2D eigenvalue weighted by Crippen LogP contribution is -2.67. The van der Waals surface area contributed by atoms with E-state index in [9.17, 15) is 19.7 Å². The fourth-order valence-corrected chi connectivity index (χ4v) is 6.33. The van der Waals surface area contributed by atoms with Crippen LogP contribution >= 0.6 is 11.3 Å². The first-order chi connectivity index (χ1) is 18.3. The number of benzene rings is 3. The van der Waals surface area contributed by atoms with Crippen LogP contribution < -0.4 is 20.3 Å². The average molecular weight is 527 g/mol. The number of amides is 2. The van der Waals surface area contributed by atoms with Gasteiger partial charge in [0, 0.05) is 37.4 Å². The SMILES string of the molecule is CN1C(=O)N(C)[C@]2(c3ccccc3)Nn3c(s/c(=C/c4ccc([N+](=O)[O-])cc4)c3=O)=N[C@]12c1ccccc1. The third-order valence-electron chi connectivity index (χ3n) is 7.17. The highest BCUT2D eigenvalue weighted by Gasteiger charge is 2.69. The topological polar surface area (TPSA) is 113 Å². The van der Waals surface area contributed by atoms with E-state index in [1.54, 1.807) is 42.1 Å². The minimum atomic E-state index is -1.25. The molecule has 11 heteroatoms. The number of hydrogen-bond donors (Lipinski definition) is 1. The van der Waals surface area contributed by atoms with Crippen LogP contribution in [0.2, 0.25) is 0 Å². The Labute approximate surface area is 220 Å². The molecule has 190 valence electrons. The number of fused-ring (bicyclic) bond motifs is 2. The summed E-state index contributed by atoms with van der Waals surface area (Å²) in [7, 11) is 3.42. The van der Waals surface area contributed by atoms with Crippen LogP contribution in [0.1, 0.15) is 16.7 Å². The summed E-state index contributed by atoms with van der Waals surface area (Å²) in [6.07, 6.45) is 1.68. The summed E-state index contributed by atoms with van der Waals surface area (Å²) < 4.78 is 1.78. The van der Waals surface area contributed by atoms with Gasteiger partial charge in [-0.15, -0.1) is 0 Å². The highest BCUT2D eigenvalue weighted by atomic mass is 32.1. The largest absolute Gasteiger partial charge is 0.324 e. The molecule has 3 aromatic carbocycles. The van der Waals surface area contributed by atoms with Gasteiger partial charge in [-0.05, 0) is 23.8 Å². The van der Waals surface area contributed by atoms with Crippen molar-refractivity contribution in [3.63, 3.8) is 0 Å². The van der Waals surface area contributed by atoms with Gasteiger partial charge < -0.3 is 0 Å². The number of carbonyl (C=O) groups is 1. The van der Waals surface area contributed by atoms with Crippen LogP contribution in [0.4, 0.5) is 10.5 Å². The summed E-state index contributed by atoms with van der Waals surface area (Å²) in [5, 5.41) is 11.0. The summed E-state index contributed by atoms with van der Waals surface area (Å²) in [5.41, 5.74) is 2.76. The minimum Gasteiger partial charge on any atom is -0.295 e. The molecule has 2 amide bonds. The predicted octanol–water partition coefficient (Wildman–Crippen LogP) is 2.53. The van der Waals surface area contributed by atoms with E-state index in [-0.39, 0.29) is 17.3 Å². The number of nitro groups is 1. The van der Waals surface area contributed by atoms with E-state index in [2.05, 4.69) is 5.43 Å². The lowest BCUT2D eigenvalue weighted by molar-refractivity contribution is -0.384. The molecule has 0 aliphatic carbocycles. The number of rotatable bonds is 4. The van der Waals surface area contributed by atoms with Crippen molar-refractivity contribution in [1.29, 1.82) is 0 Å². The number of hydrogen-bond acceptors (Lipinski definition) is 7. The molecule has 2 aliphatic rings. The van der Waals surface area contributed by atoms with Crippen molar-refractivity contribution in [3.05, 3.63) is 131 Å².